The van der Waals surface area contributed by atoms with Gasteiger partial charge in [-0.2, -0.15) is 0 Å². The second kappa shape index (κ2) is 4.83. The Labute approximate surface area is 134 Å². The van der Waals surface area contributed by atoms with E-state index in [2.05, 4.69) is 4.98 Å². The average molecular weight is 309 g/mol. The van der Waals surface area contributed by atoms with E-state index in [1.165, 1.54) is 0 Å². The first-order valence-electron chi connectivity index (χ1n) is 7.87. The van der Waals surface area contributed by atoms with Gasteiger partial charge in [-0.15, -0.1) is 0 Å². The standard InChI is InChI=1S/C19H19NO3/c1-11-13(10-21)8-19(2)16(11)15-17(23-19)14(9-20-18(15)22)12-6-4-3-5-7-12/h3-9,11,16,21H,10H2,1-2H3,(H,20,22)/t11-,16-,19-/m1/s1. The summed E-state index contributed by atoms with van der Waals surface area (Å²) in [4.78, 5) is 15.4. The third-order valence-corrected chi connectivity index (χ3v) is 5.16. The predicted molar refractivity (Wildman–Crippen MR) is 88.6 cm³/mol. The predicted octanol–water partition coefficient (Wildman–Crippen LogP) is 2.85. The number of aromatic amines is 1. The zero-order valence-electron chi connectivity index (χ0n) is 13.2. The van der Waals surface area contributed by atoms with Gasteiger partial charge in [0.2, 0.25) is 0 Å². The highest BCUT2D eigenvalue weighted by atomic mass is 16.5. The molecule has 118 valence electrons. The Kier molecular flexibility index (Phi) is 3.00. The summed E-state index contributed by atoms with van der Waals surface area (Å²) in [6.45, 7) is 4.04. The fraction of sp³-hybridized carbons (Fsp3) is 0.316. The van der Waals surface area contributed by atoms with Crippen LogP contribution in [-0.2, 0) is 0 Å². The number of hydrogen-bond acceptors (Lipinski definition) is 3. The molecule has 4 heteroatoms. The van der Waals surface area contributed by atoms with Crippen LogP contribution in [0.2, 0.25) is 0 Å². The fourth-order valence-electron chi connectivity index (χ4n) is 4.09. The maximum atomic E-state index is 12.5. The largest absolute Gasteiger partial charge is 0.482 e. The van der Waals surface area contributed by atoms with Crippen LogP contribution in [0.3, 0.4) is 0 Å². The lowest BCUT2D eigenvalue weighted by molar-refractivity contribution is 0.141. The van der Waals surface area contributed by atoms with Crippen molar-refractivity contribution < 1.29 is 9.84 Å². The molecule has 0 bridgehead atoms. The van der Waals surface area contributed by atoms with Gasteiger partial charge in [-0.1, -0.05) is 37.3 Å². The number of aromatic nitrogens is 1. The molecule has 4 nitrogen and oxygen atoms in total. The van der Waals surface area contributed by atoms with Gasteiger partial charge in [-0.05, 0) is 30.1 Å². The van der Waals surface area contributed by atoms with Crippen LogP contribution in [0.1, 0.15) is 25.3 Å². The van der Waals surface area contributed by atoms with E-state index in [9.17, 15) is 9.90 Å². The number of nitrogens with one attached hydrogen (secondary N) is 1. The summed E-state index contributed by atoms with van der Waals surface area (Å²) >= 11 is 0. The third kappa shape index (κ3) is 1.91. The van der Waals surface area contributed by atoms with Crippen LogP contribution in [-0.4, -0.2) is 22.3 Å². The van der Waals surface area contributed by atoms with Gasteiger partial charge >= 0.3 is 0 Å². The first-order chi connectivity index (χ1) is 11.0. The Morgan fingerprint density at radius 3 is 2.74 bits per heavy atom. The molecule has 0 saturated heterocycles. The topological polar surface area (TPSA) is 62.3 Å². The van der Waals surface area contributed by atoms with Gasteiger partial charge in [-0.25, -0.2) is 0 Å². The summed E-state index contributed by atoms with van der Waals surface area (Å²) in [5.74, 6) is 0.693. The van der Waals surface area contributed by atoms with Gasteiger partial charge in [0.05, 0.1) is 12.2 Å². The van der Waals surface area contributed by atoms with Crippen molar-refractivity contribution in [2.24, 2.45) is 5.92 Å². The van der Waals surface area contributed by atoms with E-state index in [1.54, 1.807) is 6.20 Å². The highest BCUT2D eigenvalue weighted by Gasteiger charge is 2.53. The molecular formula is C19H19NO3. The van der Waals surface area contributed by atoms with Crippen LogP contribution >= 0.6 is 0 Å². The van der Waals surface area contributed by atoms with Crippen molar-refractivity contribution in [3.05, 3.63) is 64.1 Å². The van der Waals surface area contributed by atoms with Gasteiger partial charge in [0.1, 0.15) is 11.4 Å². The lowest BCUT2D eigenvalue weighted by Gasteiger charge is -2.24. The monoisotopic (exact) mass is 309 g/mol. The van der Waals surface area contributed by atoms with Gasteiger partial charge in [0, 0.05) is 17.7 Å². The number of pyridine rings is 1. The molecule has 3 atom stereocenters. The molecule has 23 heavy (non-hydrogen) atoms. The zero-order valence-corrected chi connectivity index (χ0v) is 13.2. The van der Waals surface area contributed by atoms with E-state index in [0.717, 1.165) is 16.7 Å². The molecule has 1 aliphatic heterocycles. The van der Waals surface area contributed by atoms with Crippen molar-refractivity contribution >= 4 is 0 Å². The fourth-order valence-corrected chi connectivity index (χ4v) is 4.09. The van der Waals surface area contributed by atoms with Crippen LogP contribution < -0.4 is 10.3 Å². The minimum Gasteiger partial charge on any atom is -0.482 e. The van der Waals surface area contributed by atoms with Crippen molar-refractivity contribution in [1.82, 2.24) is 4.98 Å². The van der Waals surface area contributed by atoms with E-state index in [-0.39, 0.29) is 24.0 Å². The number of hydrogen-bond donors (Lipinski definition) is 2. The normalized spacial score (nSPS) is 28.0. The van der Waals surface area contributed by atoms with Crippen LogP contribution in [0, 0.1) is 5.92 Å². The first-order valence-corrected chi connectivity index (χ1v) is 7.87. The van der Waals surface area contributed by atoms with E-state index in [1.807, 2.05) is 50.3 Å². The number of aliphatic hydroxyl groups is 1. The summed E-state index contributed by atoms with van der Waals surface area (Å²) in [6, 6.07) is 9.91. The van der Waals surface area contributed by atoms with Crippen molar-refractivity contribution in [3.63, 3.8) is 0 Å². The minimum absolute atomic E-state index is 0.00221. The van der Waals surface area contributed by atoms with Gasteiger partial charge in [0.15, 0.2) is 0 Å². The molecule has 0 amide bonds. The van der Waals surface area contributed by atoms with Crippen LogP contribution in [0.15, 0.2) is 53.0 Å². The Balaban J connectivity index is 1.92. The molecule has 2 aliphatic rings. The highest BCUT2D eigenvalue weighted by Crippen LogP contribution is 2.56. The number of rotatable bonds is 2. The van der Waals surface area contributed by atoms with Crippen LogP contribution in [0.4, 0.5) is 0 Å². The lowest BCUT2D eigenvalue weighted by Crippen LogP contribution is -2.32. The summed E-state index contributed by atoms with van der Waals surface area (Å²) in [5.41, 5.74) is 2.88. The van der Waals surface area contributed by atoms with E-state index >= 15 is 0 Å². The SMILES string of the molecule is C[C@@H]1C(CO)=C[C@@]2(C)Oc3c(-c4ccccc4)c[nH]c(=O)c3[C@@H]12. The molecule has 4 rings (SSSR count). The van der Waals surface area contributed by atoms with Crippen molar-refractivity contribution in [2.75, 3.05) is 6.61 Å². The number of H-pyrrole nitrogens is 1. The quantitative estimate of drug-likeness (QED) is 0.839. The summed E-state index contributed by atoms with van der Waals surface area (Å²) in [7, 11) is 0. The molecule has 0 unspecified atom stereocenters. The van der Waals surface area contributed by atoms with Gasteiger partial charge in [-0.3, -0.25) is 4.79 Å². The summed E-state index contributed by atoms with van der Waals surface area (Å²) in [5, 5.41) is 9.55. The Morgan fingerprint density at radius 1 is 1.30 bits per heavy atom. The Morgan fingerprint density at radius 2 is 2.04 bits per heavy atom. The minimum atomic E-state index is -0.572. The highest BCUT2D eigenvalue weighted by molar-refractivity contribution is 5.73. The third-order valence-electron chi connectivity index (χ3n) is 5.16. The van der Waals surface area contributed by atoms with Crippen LogP contribution in [0.5, 0.6) is 5.75 Å². The number of benzene rings is 1. The molecule has 0 saturated carbocycles. The van der Waals surface area contributed by atoms with Crippen LogP contribution in [0.25, 0.3) is 11.1 Å². The van der Waals surface area contributed by atoms with E-state index < -0.39 is 5.60 Å². The number of ether oxygens (including phenoxy) is 1. The van der Waals surface area contributed by atoms with Gasteiger partial charge < -0.3 is 14.8 Å². The van der Waals surface area contributed by atoms with E-state index in [4.69, 9.17) is 4.74 Å². The average Bonchev–Trinajstić information content (AvgIpc) is 2.99. The molecule has 0 spiro atoms. The Bertz CT molecular complexity index is 853. The Hall–Kier alpha value is -2.33. The molecule has 2 heterocycles. The summed E-state index contributed by atoms with van der Waals surface area (Å²) in [6.07, 6.45) is 3.71. The van der Waals surface area contributed by atoms with E-state index in [0.29, 0.717) is 11.3 Å². The number of aliphatic hydroxyl groups excluding tert-OH is 1. The smallest absolute Gasteiger partial charge is 0.255 e. The maximum absolute atomic E-state index is 12.5. The molecule has 1 aromatic heterocycles. The van der Waals surface area contributed by atoms with Gasteiger partial charge in [0.25, 0.3) is 5.56 Å². The zero-order chi connectivity index (χ0) is 16.2. The van der Waals surface area contributed by atoms with Crippen molar-refractivity contribution in [1.29, 1.82) is 0 Å². The molecule has 1 aliphatic carbocycles. The molecular weight excluding hydrogens is 290 g/mol. The molecule has 1 aromatic carbocycles. The molecule has 2 N–H and O–H groups in total. The molecule has 0 radical (unpaired) electrons. The second-order valence-electron chi connectivity index (χ2n) is 6.57. The summed E-state index contributed by atoms with van der Waals surface area (Å²) < 4.78 is 6.28. The molecule has 0 fully saturated rings. The molecule has 2 aromatic rings. The second-order valence-corrected chi connectivity index (χ2v) is 6.57. The van der Waals surface area contributed by atoms with Crippen molar-refractivity contribution in [3.8, 4) is 16.9 Å². The first kappa shape index (κ1) is 14.3. The maximum Gasteiger partial charge on any atom is 0.255 e. The van der Waals surface area contributed by atoms with Crippen molar-refractivity contribution in [2.45, 2.75) is 25.4 Å². The number of fused-ring (bicyclic) bond motifs is 3. The lowest BCUT2D eigenvalue weighted by atomic mass is 9.81.